The van der Waals surface area contributed by atoms with Crippen LogP contribution in [0.15, 0.2) is 154 Å². The van der Waals surface area contributed by atoms with Gasteiger partial charge in [-0.05, 0) is 91.0 Å². The average Bonchev–Trinajstić information content (AvgIpc) is 3.64. The monoisotopic (exact) mass is 560 g/mol. The largest absolute Gasteiger partial charge is 0.456 e. The normalized spacial score (nSPS) is 12.1. The molecule has 2 heterocycles. The van der Waals surface area contributed by atoms with E-state index in [1.807, 2.05) is 12.1 Å². The van der Waals surface area contributed by atoms with E-state index in [9.17, 15) is 0 Å². The third kappa shape index (κ3) is 3.25. The van der Waals surface area contributed by atoms with Gasteiger partial charge in [0.15, 0.2) is 0 Å². The first-order valence-corrected chi connectivity index (χ1v) is 15.0. The molecule has 10 aromatic rings. The predicted octanol–water partition coefficient (Wildman–Crippen LogP) is 12.3. The van der Waals surface area contributed by atoms with Crippen LogP contribution in [0.1, 0.15) is 0 Å². The first-order valence-electron chi connectivity index (χ1n) is 15.0. The Morgan fingerprint density at radius 2 is 0.886 bits per heavy atom. The molecule has 0 fully saturated rings. The lowest BCUT2D eigenvalue weighted by atomic mass is 9.85. The third-order valence-corrected chi connectivity index (χ3v) is 9.24. The van der Waals surface area contributed by atoms with E-state index in [-0.39, 0.29) is 0 Å². The zero-order chi connectivity index (χ0) is 28.8. The number of rotatable bonds is 2. The molecule has 10 rings (SSSR count). The molecule has 0 unspecified atom stereocenters. The molecule has 0 saturated heterocycles. The molecule has 0 aliphatic heterocycles. The number of hydrogen-bond acceptors (Lipinski definition) is 2. The molecule has 0 N–H and O–H groups in total. The maximum atomic E-state index is 6.69. The van der Waals surface area contributed by atoms with E-state index >= 15 is 0 Å². The van der Waals surface area contributed by atoms with Gasteiger partial charge in [0.05, 0.1) is 5.39 Å². The van der Waals surface area contributed by atoms with Gasteiger partial charge in [0.1, 0.15) is 22.3 Å². The van der Waals surface area contributed by atoms with Crippen molar-refractivity contribution in [2.75, 3.05) is 0 Å². The predicted molar refractivity (Wildman–Crippen MR) is 184 cm³/mol. The van der Waals surface area contributed by atoms with E-state index in [0.717, 1.165) is 49.4 Å². The van der Waals surface area contributed by atoms with Crippen LogP contribution in [0.3, 0.4) is 0 Å². The molecular weight excluding hydrogens is 536 g/mol. The summed E-state index contributed by atoms with van der Waals surface area (Å²) >= 11 is 0. The van der Waals surface area contributed by atoms with Crippen LogP contribution in [0.4, 0.5) is 0 Å². The van der Waals surface area contributed by atoms with E-state index in [2.05, 4.69) is 133 Å². The van der Waals surface area contributed by atoms with Crippen LogP contribution < -0.4 is 0 Å². The van der Waals surface area contributed by atoms with Crippen molar-refractivity contribution in [3.05, 3.63) is 146 Å². The lowest BCUT2D eigenvalue weighted by Crippen LogP contribution is -1.90. The van der Waals surface area contributed by atoms with Crippen molar-refractivity contribution in [2.24, 2.45) is 0 Å². The molecule has 0 aliphatic carbocycles. The van der Waals surface area contributed by atoms with Crippen molar-refractivity contribution >= 4 is 76.2 Å². The first kappa shape index (κ1) is 23.7. The highest BCUT2D eigenvalue weighted by molar-refractivity contribution is 6.24. The molecule has 0 atom stereocenters. The van der Waals surface area contributed by atoms with Gasteiger partial charge < -0.3 is 8.83 Å². The summed E-state index contributed by atoms with van der Waals surface area (Å²) in [6.45, 7) is 0. The fraction of sp³-hybridized carbons (Fsp3) is 0. The van der Waals surface area contributed by atoms with Crippen molar-refractivity contribution in [3.8, 4) is 22.3 Å². The molecule has 2 nitrogen and oxygen atoms in total. The Balaban J connectivity index is 1.27. The number of furan rings is 2. The van der Waals surface area contributed by atoms with Gasteiger partial charge in [-0.25, -0.2) is 0 Å². The average molecular weight is 561 g/mol. The van der Waals surface area contributed by atoms with Gasteiger partial charge in [0.25, 0.3) is 0 Å². The second kappa shape index (κ2) is 8.82. The summed E-state index contributed by atoms with van der Waals surface area (Å²) in [5.74, 6) is 0. The molecule has 0 radical (unpaired) electrons. The zero-order valence-corrected chi connectivity index (χ0v) is 23.7. The SMILES string of the molecule is c1ccc2cc(-c3c4ccccc4c(-c4ccc5c(c4)oc4c5ccc5oc6ccccc6c54)c4ccccc34)ccc2c1. The van der Waals surface area contributed by atoms with E-state index in [1.165, 1.54) is 49.0 Å². The minimum absolute atomic E-state index is 0.847. The van der Waals surface area contributed by atoms with E-state index in [1.54, 1.807) is 0 Å². The van der Waals surface area contributed by atoms with Gasteiger partial charge in [0.2, 0.25) is 0 Å². The van der Waals surface area contributed by atoms with Crippen LogP contribution in [-0.4, -0.2) is 0 Å². The highest BCUT2D eigenvalue weighted by Gasteiger charge is 2.19. The zero-order valence-electron chi connectivity index (χ0n) is 23.7. The minimum Gasteiger partial charge on any atom is -0.456 e. The molecule has 2 heteroatoms. The van der Waals surface area contributed by atoms with Gasteiger partial charge in [-0.2, -0.15) is 0 Å². The Morgan fingerprint density at radius 1 is 0.318 bits per heavy atom. The lowest BCUT2D eigenvalue weighted by Gasteiger charge is -2.18. The summed E-state index contributed by atoms with van der Waals surface area (Å²) < 4.78 is 12.8. The number of benzene rings is 8. The van der Waals surface area contributed by atoms with Gasteiger partial charge in [-0.15, -0.1) is 0 Å². The first-order chi connectivity index (χ1) is 21.8. The van der Waals surface area contributed by atoms with Crippen LogP contribution in [0, 0.1) is 0 Å². The topological polar surface area (TPSA) is 26.3 Å². The summed E-state index contributed by atoms with van der Waals surface area (Å²) in [6, 6.07) is 52.0. The van der Waals surface area contributed by atoms with Gasteiger partial charge >= 0.3 is 0 Å². The van der Waals surface area contributed by atoms with Crippen LogP contribution >= 0.6 is 0 Å². The Morgan fingerprint density at radius 3 is 1.61 bits per heavy atom. The summed E-state index contributed by atoms with van der Waals surface area (Å²) in [5, 5.41) is 11.8. The molecule has 2 aromatic heterocycles. The second-order valence-electron chi connectivity index (χ2n) is 11.6. The molecule has 0 amide bonds. The third-order valence-electron chi connectivity index (χ3n) is 9.24. The quantitative estimate of drug-likeness (QED) is 0.197. The molecule has 0 bridgehead atoms. The van der Waals surface area contributed by atoms with E-state index < -0.39 is 0 Å². The molecular formula is C42H24O2. The van der Waals surface area contributed by atoms with Crippen molar-refractivity contribution < 1.29 is 8.83 Å². The fourth-order valence-corrected chi connectivity index (χ4v) is 7.29. The van der Waals surface area contributed by atoms with Crippen LogP contribution in [-0.2, 0) is 0 Å². The Labute approximate surface area is 252 Å². The van der Waals surface area contributed by atoms with E-state index in [4.69, 9.17) is 8.83 Å². The van der Waals surface area contributed by atoms with Crippen molar-refractivity contribution in [1.82, 2.24) is 0 Å². The summed E-state index contributed by atoms with van der Waals surface area (Å²) in [6.07, 6.45) is 0. The number of hydrogen-bond donors (Lipinski definition) is 0. The Kier molecular flexibility index (Phi) is 4.75. The minimum atomic E-state index is 0.847. The van der Waals surface area contributed by atoms with Crippen molar-refractivity contribution in [1.29, 1.82) is 0 Å². The molecule has 0 aliphatic rings. The second-order valence-corrected chi connectivity index (χ2v) is 11.6. The van der Waals surface area contributed by atoms with Gasteiger partial charge in [-0.1, -0.05) is 109 Å². The maximum absolute atomic E-state index is 6.69. The molecule has 44 heavy (non-hydrogen) atoms. The summed E-state index contributed by atoms with van der Waals surface area (Å²) in [4.78, 5) is 0. The van der Waals surface area contributed by atoms with Gasteiger partial charge in [-0.3, -0.25) is 0 Å². The van der Waals surface area contributed by atoms with Crippen molar-refractivity contribution in [3.63, 3.8) is 0 Å². The van der Waals surface area contributed by atoms with E-state index in [0.29, 0.717) is 0 Å². The number of fused-ring (bicyclic) bond motifs is 10. The Hall–Kier alpha value is -5.86. The molecule has 0 saturated carbocycles. The Bertz CT molecular complexity index is 2720. The number of para-hydroxylation sites is 1. The highest BCUT2D eigenvalue weighted by atomic mass is 16.3. The molecule has 8 aromatic carbocycles. The standard InChI is InChI=1S/C42H24O2/c1-2-10-26-23-27(18-17-25(26)9-1)39-30-11-3-5-13-32(30)40(33-14-6-4-12-31(33)39)28-19-20-29-34-21-22-37-41(42(34)44-38(29)24-28)35-15-7-8-16-36(35)43-37/h1-24H. The van der Waals surface area contributed by atoms with Crippen LogP contribution in [0.2, 0.25) is 0 Å². The van der Waals surface area contributed by atoms with Crippen molar-refractivity contribution in [2.45, 2.75) is 0 Å². The smallest absolute Gasteiger partial charge is 0.147 e. The maximum Gasteiger partial charge on any atom is 0.147 e. The van der Waals surface area contributed by atoms with Gasteiger partial charge in [0, 0.05) is 16.2 Å². The lowest BCUT2D eigenvalue weighted by molar-refractivity contribution is 0.663. The fourth-order valence-electron chi connectivity index (χ4n) is 7.29. The summed E-state index contributed by atoms with van der Waals surface area (Å²) in [7, 11) is 0. The highest BCUT2D eigenvalue weighted by Crippen LogP contribution is 2.46. The van der Waals surface area contributed by atoms with Crippen LogP contribution in [0.5, 0.6) is 0 Å². The summed E-state index contributed by atoms with van der Waals surface area (Å²) in [5.41, 5.74) is 8.34. The van der Waals surface area contributed by atoms with Crippen LogP contribution in [0.25, 0.3) is 98.4 Å². The molecule has 0 spiro atoms. The molecule has 204 valence electrons.